The Hall–Kier alpha value is -2.40. The number of benzene rings is 2. The molecule has 0 aliphatic heterocycles. The third kappa shape index (κ3) is 2.68. The number of amides is 1. The first kappa shape index (κ1) is 15.5. The molecule has 3 N–H and O–H groups in total. The molecule has 120 valence electrons. The average molecular weight is 314 g/mol. The summed E-state index contributed by atoms with van der Waals surface area (Å²) < 4.78 is 19.0. The number of nitrogens with one attached hydrogen (secondary N) is 1. The van der Waals surface area contributed by atoms with Gasteiger partial charge in [0.2, 0.25) is 5.91 Å². The van der Waals surface area contributed by atoms with Crippen molar-refractivity contribution in [3.8, 4) is 5.75 Å². The number of methoxy groups -OCH3 is 1. The summed E-state index contributed by atoms with van der Waals surface area (Å²) in [6.07, 6.45) is 1.19. The number of ether oxygens (including phenoxy) is 1. The standard InChI is InChI=1S/C18H19FN2O2/c1-23-16-8-4-6-14-13(16)9-10-18(14,20)17(22)21-11-12-5-2-3-7-15(12)19/h2-8H,9-11,20H2,1H3,(H,21,22). The molecule has 0 aromatic heterocycles. The number of rotatable bonds is 4. The smallest absolute Gasteiger partial charge is 0.244 e. The fraction of sp³-hybridized carbons (Fsp3) is 0.278. The zero-order valence-electron chi connectivity index (χ0n) is 12.9. The Morgan fingerprint density at radius 3 is 2.83 bits per heavy atom. The van der Waals surface area contributed by atoms with Crippen molar-refractivity contribution in [1.29, 1.82) is 0 Å². The quantitative estimate of drug-likeness (QED) is 0.910. The van der Waals surface area contributed by atoms with Gasteiger partial charge in [0.15, 0.2) is 0 Å². The van der Waals surface area contributed by atoms with Crippen molar-refractivity contribution in [1.82, 2.24) is 5.32 Å². The first-order chi connectivity index (χ1) is 11.1. The van der Waals surface area contributed by atoms with Gasteiger partial charge in [-0.15, -0.1) is 0 Å². The summed E-state index contributed by atoms with van der Waals surface area (Å²) >= 11 is 0. The molecule has 5 heteroatoms. The van der Waals surface area contributed by atoms with E-state index in [2.05, 4.69) is 5.32 Å². The topological polar surface area (TPSA) is 64.3 Å². The zero-order chi connectivity index (χ0) is 16.4. The van der Waals surface area contributed by atoms with Crippen LogP contribution < -0.4 is 15.8 Å². The van der Waals surface area contributed by atoms with E-state index in [0.717, 1.165) is 16.9 Å². The maximum Gasteiger partial charge on any atom is 0.244 e. The molecule has 0 heterocycles. The van der Waals surface area contributed by atoms with Gasteiger partial charge in [-0.3, -0.25) is 4.79 Å². The second kappa shape index (κ2) is 6.01. The van der Waals surface area contributed by atoms with E-state index < -0.39 is 5.54 Å². The molecule has 0 spiro atoms. The number of nitrogens with two attached hydrogens (primary N) is 1. The number of fused-ring (bicyclic) bond motifs is 1. The van der Waals surface area contributed by atoms with E-state index in [1.54, 1.807) is 25.3 Å². The summed E-state index contributed by atoms with van der Waals surface area (Å²) in [5.74, 6) is 0.108. The summed E-state index contributed by atoms with van der Waals surface area (Å²) in [6.45, 7) is 0.115. The SMILES string of the molecule is COc1cccc2c1CCC2(N)C(=O)NCc1ccccc1F. The number of hydrogen-bond donors (Lipinski definition) is 2. The second-order valence-electron chi connectivity index (χ2n) is 5.73. The molecular formula is C18H19FN2O2. The van der Waals surface area contributed by atoms with Crippen LogP contribution in [0.2, 0.25) is 0 Å². The van der Waals surface area contributed by atoms with Crippen molar-refractivity contribution < 1.29 is 13.9 Å². The Kier molecular flexibility index (Phi) is 4.05. The van der Waals surface area contributed by atoms with Gasteiger partial charge in [-0.25, -0.2) is 4.39 Å². The van der Waals surface area contributed by atoms with Crippen molar-refractivity contribution in [3.63, 3.8) is 0 Å². The minimum Gasteiger partial charge on any atom is -0.496 e. The molecule has 0 bridgehead atoms. The molecule has 2 aromatic rings. The first-order valence-electron chi connectivity index (χ1n) is 7.53. The van der Waals surface area contributed by atoms with Crippen LogP contribution in [0.3, 0.4) is 0 Å². The van der Waals surface area contributed by atoms with Crippen LogP contribution >= 0.6 is 0 Å². The van der Waals surface area contributed by atoms with Gasteiger partial charge in [0, 0.05) is 12.1 Å². The lowest BCUT2D eigenvalue weighted by atomic mass is 9.91. The average Bonchev–Trinajstić information content (AvgIpc) is 2.92. The minimum absolute atomic E-state index is 0.115. The highest BCUT2D eigenvalue weighted by Gasteiger charge is 2.42. The molecule has 0 saturated carbocycles. The maximum absolute atomic E-state index is 13.7. The number of hydrogen-bond acceptors (Lipinski definition) is 3. The normalized spacial score (nSPS) is 19.3. The van der Waals surface area contributed by atoms with Crippen molar-refractivity contribution in [2.24, 2.45) is 5.73 Å². The Labute approximate surface area is 134 Å². The van der Waals surface area contributed by atoms with E-state index in [1.807, 2.05) is 18.2 Å². The third-order valence-corrected chi connectivity index (χ3v) is 4.41. The predicted octanol–water partition coefficient (Wildman–Crippen LogP) is 2.25. The fourth-order valence-electron chi connectivity index (χ4n) is 3.10. The van der Waals surface area contributed by atoms with Crippen molar-refractivity contribution in [2.45, 2.75) is 24.9 Å². The van der Waals surface area contributed by atoms with Crippen LogP contribution in [0, 0.1) is 5.82 Å². The monoisotopic (exact) mass is 314 g/mol. The zero-order valence-corrected chi connectivity index (χ0v) is 12.9. The van der Waals surface area contributed by atoms with Gasteiger partial charge in [0.1, 0.15) is 17.1 Å². The molecule has 1 unspecified atom stereocenters. The summed E-state index contributed by atoms with van der Waals surface area (Å²) in [6, 6.07) is 11.9. The Balaban J connectivity index is 1.80. The van der Waals surface area contributed by atoms with Crippen molar-refractivity contribution in [2.75, 3.05) is 7.11 Å². The van der Waals surface area contributed by atoms with Crippen LogP contribution in [0.15, 0.2) is 42.5 Å². The summed E-state index contributed by atoms with van der Waals surface area (Å²) in [5.41, 5.74) is 7.47. The molecule has 0 fully saturated rings. The van der Waals surface area contributed by atoms with Crippen LogP contribution in [0.4, 0.5) is 4.39 Å². The lowest BCUT2D eigenvalue weighted by Crippen LogP contribution is -2.49. The van der Waals surface area contributed by atoms with Gasteiger partial charge in [-0.05, 0) is 36.1 Å². The highest BCUT2D eigenvalue weighted by atomic mass is 19.1. The Morgan fingerprint density at radius 2 is 2.09 bits per heavy atom. The van der Waals surface area contributed by atoms with Crippen molar-refractivity contribution in [3.05, 3.63) is 65.0 Å². The largest absolute Gasteiger partial charge is 0.496 e. The van der Waals surface area contributed by atoms with Gasteiger partial charge >= 0.3 is 0 Å². The van der Waals surface area contributed by atoms with Crippen molar-refractivity contribution >= 4 is 5.91 Å². The van der Waals surface area contributed by atoms with Crippen LogP contribution in [-0.4, -0.2) is 13.0 Å². The lowest BCUT2D eigenvalue weighted by molar-refractivity contribution is -0.126. The van der Waals surface area contributed by atoms with Crippen LogP contribution in [0.5, 0.6) is 5.75 Å². The summed E-state index contributed by atoms with van der Waals surface area (Å²) in [7, 11) is 1.60. The Morgan fingerprint density at radius 1 is 1.30 bits per heavy atom. The molecule has 23 heavy (non-hydrogen) atoms. The predicted molar refractivity (Wildman–Crippen MR) is 85.4 cm³/mol. The van der Waals surface area contributed by atoms with Crippen LogP contribution in [-0.2, 0) is 23.3 Å². The van der Waals surface area contributed by atoms with Gasteiger partial charge in [-0.1, -0.05) is 30.3 Å². The van der Waals surface area contributed by atoms with E-state index >= 15 is 0 Å². The second-order valence-corrected chi connectivity index (χ2v) is 5.73. The molecular weight excluding hydrogens is 295 g/mol. The lowest BCUT2D eigenvalue weighted by Gasteiger charge is -2.24. The van der Waals surface area contributed by atoms with Crippen LogP contribution in [0.25, 0.3) is 0 Å². The molecule has 0 radical (unpaired) electrons. The summed E-state index contributed by atoms with van der Waals surface area (Å²) in [4.78, 5) is 12.6. The third-order valence-electron chi connectivity index (χ3n) is 4.41. The fourth-order valence-corrected chi connectivity index (χ4v) is 3.10. The van der Waals surface area contributed by atoms with Crippen LogP contribution in [0.1, 0.15) is 23.1 Å². The minimum atomic E-state index is -1.10. The van der Waals surface area contributed by atoms with E-state index in [9.17, 15) is 9.18 Å². The highest BCUT2D eigenvalue weighted by molar-refractivity contribution is 5.89. The molecule has 1 aliphatic carbocycles. The molecule has 4 nitrogen and oxygen atoms in total. The van der Waals surface area contributed by atoms with Gasteiger partial charge < -0.3 is 15.8 Å². The molecule has 0 saturated heterocycles. The molecule has 1 atom stereocenters. The first-order valence-corrected chi connectivity index (χ1v) is 7.53. The number of carbonyl (C=O) groups is 1. The van der Waals surface area contributed by atoms with Gasteiger partial charge in [0.25, 0.3) is 0 Å². The number of halogens is 1. The van der Waals surface area contributed by atoms with E-state index in [-0.39, 0.29) is 18.3 Å². The van der Waals surface area contributed by atoms with E-state index in [4.69, 9.17) is 10.5 Å². The maximum atomic E-state index is 13.7. The Bertz CT molecular complexity index is 748. The molecule has 3 rings (SSSR count). The van der Waals surface area contributed by atoms with E-state index in [1.165, 1.54) is 6.07 Å². The number of carbonyl (C=O) groups excluding carboxylic acids is 1. The van der Waals surface area contributed by atoms with Gasteiger partial charge in [0.05, 0.1) is 7.11 Å². The van der Waals surface area contributed by atoms with E-state index in [0.29, 0.717) is 18.4 Å². The molecule has 2 aromatic carbocycles. The summed E-state index contributed by atoms with van der Waals surface area (Å²) in [5, 5.41) is 2.76. The molecule has 1 aliphatic rings. The molecule has 1 amide bonds. The highest BCUT2D eigenvalue weighted by Crippen LogP contribution is 2.39. The van der Waals surface area contributed by atoms with Gasteiger partial charge in [-0.2, -0.15) is 0 Å².